The van der Waals surface area contributed by atoms with Gasteiger partial charge in [-0.25, -0.2) is 4.39 Å². The molecule has 1 aromatic carbocycles. The van der Waals surface area contributed by atoms with Gasteiger partial charge in [0, 0.05) is 25.4 Å². The number of hydrogen-bond donors (Lipinski definition) is 1. The lowest BCUT2D eigenvalue weighted by molar-refractivity contribution is 0.0947. The van der Waals surface area contributed by atoms with Crippen LogP contribution in [0, 0.1) is 12.7 Å². The number of hydrogen-bond acceptors (Lipinski definition) is 2. The highest BCUT2D eigenvalue weighted by Crippen LogP contribution is 2.10. The highest BCUT2D eigenvalue weighted by Gasteiger charge is 2.11. The number of aryl methyl sites for hydroxylation is 2. The van der Waals surface area contributed by atoms with Crippen molar-refractivity contribution < 1.29 is 9.18 Å². The first-order valence-electron chi connectivity index (χ1n) is 5.58. The van der Waals surface area contributed by atoms with Gasteiger partial charge in [-0.2, -0.15) is 5.10 Å². The highest BCUT2D eigenvalue weighted by molar-refractivity contribution is 5.94. The summed E-state index contributed by atoms with van der Waals surface area (Å²) < 4.78 is 15.2. The van der Waals surface area contributed by atoms with Crippen LogP contribution in [-0.2, 0) is 13.6 Å². The van der Waals surface area contributed by atoms with Crippen LogP contribution in [0.15, 0.2) is 30.6 Å². The van der Waals surface area contributed by atoms with Crippen LogP contribution in [0.1, 0.15) is 21.5 Å². The number of halogens is 1. The molecule has 2 aromatic rings. The number of aromatic nitrogens is 2. The summed E-state index contributed by atoms with van der Waals surface area (Å²) in [6, 6.07) is 4.55. The quantitative estimate of drug-likeness (QED) is 0.899. The van der Waals surface area contributed by atoms with Gasteiger partial charge in [-0.15, -0.1) is 0 Å². The summed E-state index contributed by atoms with van der Waals surface area (Å²) in [5, 5.41) is 6.64. The van der Waals surface area contributed by atoms with E-state index in [4.69, 9.17) is 0 Å². The fourth-order valence-electron chi connectivity index (χ4n) is 1.65. The molecule has 0 saturated carbocycles. The van der Waals surface area contributed by atoms with Crippen molar-refractivity contribution in [1.82, 2.24) is 15.1 Å². The average molecular weight is 247 g/mol. The molecule has 1 amide bonds. The summed E-state index contributed by atoms with van der Waals surface area (Å²) in [6.45, 7) is 2.11. The maximum atomic E-state index is 13.6. The van der Waals surface area contributed by atoms with Crippen LogP contribution in [0.25, 0.3) is 0 Å². The SMILES string of the molecule is Cc1ccc(C(=O)NCc2cnn(C)c2)c(F)c1. The predicted octanol–water partition coefficient (Wildman–Crippen LogP) is 1.80. The molecule has 0 atom stereocenters. The summed E-state index contributed by atoms with van der Waals surface area (Å²) in [4.78, 5) is 11.8. The molecule has 0 radical (unpaired) electrons. The van der Waals surface area contributed by atoms with E-state index in [0.717, 1.165) is 11.1 Å². The van der Waals surface area contributed by atoms with Crippen molar-refractivity contribution in [2.45, 2.75) is 13.5 Å². The van der Waals surface area contributed by atoms with Crippen LogP contribution in [-0.4, -0.2) is 15.7 Å². The zero-order chi connectivity index (χ0) is 13.1. The van der Waals surface area contributed by atoms with E-state index in [9.17, 15) is 9.18 Å². The standard InChI is InChI=1S/C13H14FN3O/c1-9-3-4-11(12(14)5-9)13(18)15-6-10-7-16-17(2)8-10/h3-5,7-8H,6H2,1-2H3,(H,15,18). The maximum Gasteiger partial charge on any atom is 0.254 e. The van der Waals surface area contributed by atoms with Crippen molar-refractivity contribution in [3.63, 3.8) is 0 Å². The third-order valence-corrected chi connectivity index (χ3v) is 2.58. The molecule has 0 spiro atoms. The zero-order valence-corrected chi connectivity index (χ0v) is 10.3. The average Bonchev–Trinajstić information content (AvgIpc) is 2.72. The Bertz CT molecular complexity index is 577. The van der Waals surface area contributed by atoms with E-state index >= 15 is 0 Å². The van der Waals surface area contributed by atoms with Gasteiger partial charge < -0.3 is 5.32 Å². The van der Waals surface area contributed by atoms with Gasteiger partial charge >= 0.3 is 0 Å². The molecule has 0 aliphatic carbocycles. The minimum atomic E-state index is -0.501. The summed E-state index contributed by atoms with van der Waals surface area (Å²) in [6.07, 6.45) is 3.46. The Morgan fingerprint density at radius 3 is 2.89 bits per heavy atom. The Morgan fingerprint density at radius 2 is 2.28 bits per heavy atom. The molecule has 0 unspecified atom stereocenters. The third-order valence-electron chi connectivity index (χ3n) is 2.58. The number of carbonyl (C=O) groups is 1. The van der Waals surface area contributed by atoms with Gasteiger partial charge in [-0.1, -0.05) is 6.07 Å². The largest absolute Gasteiger partial charge is 0.348 e. The number of rotatable bonds is 3. The van der Waals surface area contributed by atoms with E-state index in [1.54, 1.807) is 37.1 Å². The maximum absolute atomic E-state index is 13.6. The van der Waals surface area contributed by atoms with E-state index in [1.165, 1.54) is 12.1 Å². The van der Waals surface area contributed by atoms with Crippen LogP contribution < -0.4 is 5.32 Å². The number of benzene rings is 1. The van der Waals surface area contributed by atoms with Crippen molar-refractivity contribution in [1.29, 1.82) is 0 Å². The van der Waals surface area contributed by atoms with Crippen molar-refractivity contribution in [3.8, 4) is 0 Å². The van der Waals surface area contributed by atoms with E-state index in [0.29, 0.717) is 6.54 Å². The lowest BCUT2D eigenvalue weighted by Gasteiger charge is -2.05. The molecule has 0 bridgehead atoms. The summed E-state index contributed by atoms with van der Waals surface area (Å²) in [5.41, 5.74) is 1.72. The molecule has 18 heavy (non-hydrogen) atoms. The molecule has 1 aromatic heterocycles. The predicted molar refractivity (Wildman–Crippen MR) is 65.5 cm³/mol. The molecule has 4 nitrogen and oxygen atoms in total. The third kappa shape index (κ3) is 2.74. The number of nitrogens with zero attached hydrogens (tertiary/aromatic N) is 2. The van der Waals surface area contributed by atoms with Gasteiger partial charge in [0.2, 0.25) is 0 Å². The molecular formula is C13H14FN3O. The summed E-state index contributed by atoms with van der Waals surface area (Å²) in [5.74, 6) is -0.921. The Labute approximate surface area is 104 Å². The van der Waals surface area contributed by atoms with E-state index in [1.807, 2.05) is 0 Å². The van der Waals surface area contributed by atoms with Gasteiger partial charge in [-0.3, -0.25) is 9.48 Å². The number of carbonyl (C=O) groups excluding carboxylic acids is 1. The second kappa shape index (κ2) is 5.00. The molecule has 1 N–H and O–H groups in total. The molecule has 1 heterocycles. The molecule has 0 aliphatic heterocycles. The topological polar surface area (TPSA) is 46.9 Å². The minimum absolute atomic E-state index is 0.0597. The number of amides is 1. The van der Waals surface area contributed by atoms with Crippen LogP contribution in [0.4, 0.5) is 4.39 Å². The van der Waals surface area contributed by atoms with Gasteiger partial charge in [0.05, 0.1) is 11.8 Å². The van der Waals surface area contributed by atoms with Crippen molar-refractivity contribution in [3.05, 3.63) is 53.1 Å². The Hall–Kier alpha value is -2.17. The van der Waals surface area contributed by atoms with Gasteiger partial charge in [-0.05, 0) is 24.6 Å². The fraction of sp³-hybridized carbons (Fsp3) is 0.231. The van der Waals surface area contributed by atoms with Crippen molar-refractivity contribution >= 4 is 5.91 Å². The molecule has 0 fully saturated rings. The van der Waals surface area contributed by atoms with Crippen molar-refractivity contribution in [2.24, 2.45) is 7.05 Å². The lowest BCUT2D eigenvalue weighted by atomic mass is 10.1. The van der Waals surface area contributed by atoms with Crippen LogP contribution in [0.3, 0.4) is 0 Å². The summed E-state index contributed by atoms with van der Waals surface area (Å²) in [7, 11) is 1.80. The van der Waals surface area contributed by atoms with Gasteiger partial charge in [0.25, 0.3) is 5.91 Å². The summed E-state index contributed by atoms with van der Waals surface area (Å²) >= 11 is 0. The Morgan fingerprint density at radius 1 is 1.50 bits per heavy atom. The van der Waals surface area contributed by atoms with Crippen LogP contribution in [0.2, 0.25) is 0 Å². The molecular weight excluding hydrogens is 233 g/mol. The van der Waals surface area contributed by atoms with Gasteiger partial charge in [0.1, 0.15) is 5.82 Å². The van der Waals surface area contributed by atoms with Crippen molar-refractivity contribution in [2.75, 3.05) is 0 Å². The Kier molecular flexibility index (Phi) is 3.41. The molecule has 2 rings (SSSR count). The zero-order valence-electron chi connectivity index (χ0n) is 10.3. The van der Waals surface area contributed by atoms with E-state index < -0.39 is 11.7 Å². The first-order chi connectivity index (χ1) is 8.56. The lowest BCUT2D eigenvalue weighted by Crippen LogP contribution is -2.23. The number of nitrogens with one attached hydrogen (secondary N) is 1. The minimum Gasteiger partial charge on any atom is -0.348 e. The smallest absolute Gasteiger partial charge is 0.254 e. The molecule has 0 saturated heterocycles. The highest BCUT2D eigenvalue weighted by atomic mass is 19.1. The van der Waals surface area contributed by atoms with E-state index in [-0.39, 0.29) is 5.56 Å². The molecule has 5 heteroatoms. The normalized spacial score (nSPS) is 10.4. The fourth-order valence-corrected chi connectivity index (χ4v) is 1.65. The first-order valence-corrected chi connectivity index (χ1v) is 5.58. The Balaban J connectivity index is 2.03. The van der Waals surface area contributed by atoms with Gasteiger partial charge in [0.15, 0.2) is 0 Å². The second-order valence-corrected chi connectivity index (χ2v) is 4.19. The molecule has 0 aliphatic rings. The second-order valence-electron chi connectivity index (χ2n) is 4.19. The van der Waals surface area contributed by atoms with Crippen LogP contribution in [0.5, 0.6) is 0 Å². The monoisotopic (exact) mass is 247 g/mol. The molecule has 94 valence electrons. The van der Waals surface area contributed by atoms with E-state index in [2.05, 4.69) is 10.4 Å². The first kappa shape index (κ1) is 12.3. The van der Waals surface area contributed by atoms with Crippen LogP contribution >= 0.6 is 0 Å².